The molecular formula is C19H32F3IN6O. The second kappa shape index (κ2) is 11.5. The molecule has 1 aromatic heterocycles. The summed E-state index contributed by atoms with van der Waals surface area (Å²) >= 11 is 0. The normalized spacial score (nSPS) is 22.1. The lowest BCUT2D eigenvalue weighted by atomic mass is 9.93. The van der Waals surface area contributed by atoms with Gasteiger partial charge in [0, 0.05) is 38.9 Å². The van der Waals surface area contributed by atoms with E-state index in [-0.39, 0.29) is 30.1 Å². The van der Waals surface area contributed by atoms with Crippen LogP contribution in [0.2, 0.25) is 0 Å². The summed E-state index contributed by atoms with van der Waals surface area (Å²) in [5, 5.41) is 7.63. The van der Waals surface area contributed by atoms with Crippen LogP contribution in [0.25, 0.3) is 0 Å². The summed E-state index contributed by atoms with van der Waals surface area (Å²) < 4.78 is 45.1. The van der Waals surface area contributed by atoms with E-state index in [9.17, 15) is 13.2 Å². The topological polar surface area (TPSA) is 57.9 Å². The number of likely N-dealkylation sites (tertiary alicyclic amines) is 1. The van der Waals surface area contributed by atoms with Gasteiger partial charge in [0.2, 0.25) is 0 Å². The molecule has 0 radical (unpaired) electrons. The summed E-state index contributed by atoms with van der Waals surface area (Å²) in [5.41, 5.74) is 1.05. The number of aliphatic imine (C=N–C) groups is 1. The predicted octanol–water partition coefficient (Wildman–Crippen LogP) is 2.65. The Labute approximate surface area is 193 Å². The second-order valence-corrected chi connectivity index (χ2v) is 7.85. The monoisotopic (exact) mass is 544 g/mol. The van der Waals surface area contributed by atoms with Crippen LogP contribution in [-0.2, 0) is 11.8 Å². The highest BCUT2D eigenvalue weighted by atomic mass is 127. The highest BCUT2D eigenvalue weighted by Gasteiger charge is 2.32. The molecule has 0 aromatic carbocycles. The number of hydrogen-bond acceptors (Lipinski definition) is 4. The zero-order chi connectivity index (χ0) is 20.9. The van der Waals surface area contributed by atoms with Crippen molar-refractivity contribution in [3.63, 3.8) is 0 Å². The molecule has 2 saturated heterocycles. The van der Waals surface area contributed by atoms with Crippen molar-refractivity contribution in [2.75, 3.05) is 52.9 Å². The summed E-state index contributed by atoms with van der Waals surface area (Å²) in [4.78, 5) is 8.10. The zero-order valence-corrected chi connectivity index (χ0v) is 19.9. The molecule has 1 atom stereocenters. The number of halogens is 4. The van der Waals surface area contributed by atoms with Crippen molar-refractivity contribution in [1.82, 2.24) is 24.9 Å². The first-order valence-electron chi connectivity index (χ1n) is 10.2. The van der Waals surface area contributed by atoms with Crippen LogP contribution >= 0.6 is 24.0 Å². The van der Waals surface area contributed by atoms with Gasteiger partial charge in [-0.3, -0.25) is 14.6 Å². The molecule has 0 amide bonds. The highest BCUT2D eigenvalue weighted by Crippen LogP contribution is 2.24. The van der Waals surface area contributed by atoms with Crippen LogP contribution in [0.5, 0.6) is 0 Å². The van der Waals surface area contributed by atoms with Crippen molar-refractivity contribution in [3.05, 3.63) is 18.0 Å². The zero-order valence-electron chi connectivity index (χ0n) is 17.6. The van der Waals surface area contributed by atoms with Gasteiger partial charge in [-0.2, -0.15) is 18.3 Å². The van der Waals surface area contributed by atoms with Gasteiger partial charge in [0.15, 0.2) is 5.96 Å². The third-order valence-electron chi connectivity index (χ3n) is 5.62. The summed E-state index contributed by atoms with van der Waals surface area (Å²) in [6.45, 7) is 3.13. The molecule has 1 unspecified atom stereocenters. The van der Waals surface area contributed by atoms with Crippen molar-refractivity contribution in [2.45, 2.75) is 31.5 Å². The number of aromatic nitrogens is 2. The number of nitrogens with zero attached hydrogens (tertiary/aromatic N) is 5. The largest absolute Gasteiger partial charge is 0.401 e. The Morgan fingerprint density at radius 3 is 2.63 bits per heavy atom. The van der Waals surface area contributed by atoms with Crippen molar-refractivity contribution in [2.24, 2.45) is 18.0 Å². The Morgan fingerprint density at radius 2 is 2.03 bits per heavy atom. The minimum Gasteiger partial charge on any atom is -0.370 e. The maximum Gasteiger partial charge on any atom is 0.401 e. The molecule has 2 fully saturated rings. The number of alkyl halides is 3. The molecule has 30 heavy (non-hydrogen) atoms. The number of aryl methyl sites for hydroxylation is 1. The Hall–Kier alpha value is -1.08. The summed E-state index contributed by atoms with van der Waals surface area (Å²) in [6.07, 6.45) is 2.23. The number of nitrogens with one attached hydrogen (secondary N) is 1. The van der Waals surface area contributed by atoms with Gasteiger partial charge in [-0.1, -0.05) is 0 Å². The third-order valence-corrected chi connectivity index (χ3v) is 5.62. The van der Waals surface area contributed by atoms with Gasteiger partial charge in [0.05, 0.1) is 25.9 Å². The van der Waals surface area contributed by atoms with Crippen LogP contribution in [0, 0.1) is 5.92 Å². The first-order valence-corrected chi connectivity index (χ1v) is 10.2. The maximum atomic E-state index is 12.5. The van der Waals surface area contributed by atoms with E-state index in [4.69, 9.17) is 4.74 Å². The standard InChI is InChI=1S/C19H31F3N6O.HI/c1-23-18(28-9-10-29-17(13-28)16-11-25-26(2)12-16)24-6-3-15-4-7-27(8-5-15)14-19(20,21)22;/h11-12,15,17H,3-10,13-14H2,1-2H3,(H,23,24);1H. The molecule has 172 valence electrons. The van der Waals surface area contributed by atoms with Crippen LogP contribution in [-0.4, -0.2) is 84.6 Å². The molecule has 0 spiro atoms. The molecule has 7 nitrogen and oxygen atoms in total. The lowest BCUT2D eigenvalue weighted by Gasteiger charge is -2.35. The minimum atomic E-state index is -4.10. The molecule has 1 N–H and O–H groups in total. The van der Waals surface area contributed by atoms with Crippen molar-refractivity contribution in [3.8, 4) is 0 Å². The number of rotatable bonds is 5. The average Bonchev–Trinajstić information content (AvgIpc) is 3.12. The van der Waals surface area contributed by atoms with Gasteiger partial charge in [-0.15, -0.1) is 24.0 Å². The van der Waals surface area contributed by atoms with E-state index in [1.165, 1.54) is 4.90 Å². The van der Waals surface area contributed by atoms with Gasteiger partial charge in [-0.05, 0) is 38.3 Å². The van der Waals surface area contributed by atoms with E-state index in [2.05, 4.69) is 20.3 Å². The molecule has 3 rings (SSSR count). The Bertz CT molecular complexity index is 675. The molecular weight excluding hydrogens is 512 g/mol. The Kier molecular flexibility index (Phi) is 9.67. The van der Waals surface area contributed by atoms with Crippen LogP contribution in [0.15, 0.2) is 17.4 Å². The Balaban J connectivity index is 0.00000320. The van der Waals surface area contributed by atoms with Crippen molar-refractivity contribution < 1.29 is 17.9 Å². The first-order chi connectivity index (χ1) is 13.8. The Morgan fingerprint density at radius 1 is 1.30 bits per heavy atom. The fraction of sp³-hybridized carbons (Fsp3) is 0.789. The smallest absolute Gasteiger partial charge is 0.370 e. The quantitative estimate of drug-likeness (QED) is 0.351. The molecule has 0 saturated carbocycles. The maximum absolute atomic E-state index is 12.5. The molecule has 2 aliphatic heterocycles. The van der Waals surface area contributed by atoms with Crippen molar-refractivity contribution in [1.29, 1.82) is 0 Å². The highest BCUT2D eigenvalue weighted by molar-refractivity contribution is 14.0. The first kappa shape index (κ1) is 25.2. The third kappa shape index (κ3) is 7.56. The number of morpholine rings is 1. The number of guanidine groups is 1. The van der Waals surface area contributed by atoms with Crippen molar-refractivity contribution >= 4 is 29.9 Å². The summed E-state index contributed by atoms with van der Waals surface area (Å²) in [6, 6.07) is 0. The molecule has 0 bridgehead atoms. The lowest BCUT2D eigenvalue weighted by Crippen LogP contribution is -2.48. The molecule has 11 heteroatoms. The van der Waals surface area contributed by atoms with Gasteiger partial charge in [0.1, 0.15) is 6.10 Å². The van der Waals surface area contributed by atoms with E-state index in [1.807, 2.05) is 19.4 Å². The van der Waals surface area contributed by atoms with E-state index < -0.39 is 12.7 Å². The van der Waals surface area contributed by atoms with Crippen LogP contribution in [0.1, 0.15) is 30.9 Å². The van der Waals surface area contributed by atoms with Gasteiger partial charge in [0.25, 0.3) is 0 Å². The summed E-state index contributed by atoms with van der Waals surface area (Å²) in [5.74, 6) is 1.30. The van der Waals surface area contributed by atoms with Gasteiger partial charge in [-0.25, -0.2) is 0 Å². The van der Waals surface area contributed by atoms with E-state index in [0.29, 0.717) is 32.2 Å². The fourth-order valence-electron chi connectivity index (χ4n) is 4.06. The van der Waals surface area contributed by atoms with E-state index >= 15 is 0 Å². The molecule has 1 aromatic rings. The SMILES string of the molecule is CN=C(NCCC1CCN(CC(F)(F)F)CC1)N1CCOC(c2cnn(C)c2)C1.I. The van der Waals surface area contributed by atoms with Gasteiger partial charge < -0.3 is 15.0 Å². The molecule has 2 aliphatic rings. The van der Waals surface area contributed by atoms with E-state index in [1.54, 1.807) is 11.7 Å². The fourth-order valence-corrected chi connectivity index (χ4v) is 4.06. The van der Waals surface area contributed by atoms with Crippen LogP contribution in [0.4, 0.5) is 13.2 Å². The molecule has 0 aliphatic carbocycles. The van der Waals surface area contributed by atoms with E-state index in [0.717, 1.165) is 43.9 Å². The number of piperidine rings is 1. The van der Waals surface area contributed by atoms with Crippen LogP contribution in [0.3, 0.4) is 0 Å². The molecule has 3 heterocycles. The number of ether oxygens (including phenoxy) is 1. The predicted molar refractivity (Wildman–Crippen MR) is 120 cm³/mol. The summed E-state index contributed by atoms with van der Waals surface area (Å²) in [7, 11) is 3.66. The average molecular weight is 544 g/mol. The number of hydrogen-bond donors (Lipinski definition) is 1. The minimum absolute atomic E-state index is 0. The van der Waals surface area contributed by atoms with Gasteiger partial charge >= 0.3 is 6.18 Å². The van der Waals surface area contributed by atoms with Crippen LogP contribution < -0.4 is 5.32 Å². The second-order valence-electron chi connectivity index (χ2n) is 7.85. The lowest BCUT2D eigenvalue weighted by molar-refractivity contribution is -0.148.